The zero-order valence-corrected chi connectivity index (χ0v) is 13.7. The van der Waals surface area contributed by atoms with Crippen LogP contribution in [-0.4, -0.2) is 89.2 Å². The minimum Gasteiger partial charge on any atom is -0.480 e. The zero-order valence-electron chi connectivity index (χ0n) is 12.9. The van der Waals surface area contributed by atoms with Gasteiger partial charge in [0.25, 0.3) is 21.9 Å². The summed E-state index contributed by atoms with van der Waals surface area (Å²) in [6.45, 7) is -1.20. The molecule has 1 fully saturated rings. The van der Waals surface area contributed by atoms with Crippen molar-refractivity contribution in [3.63, 3.8) is 0 Å². The Labute approximate surface area is 142 Å². The molecule has 2 aliphatic rings. The summed E-state index contributed by atoms with van der Waals surface area (Å²) >= 11 is 0. The first-order valence-corrected chi connectivity index (χ1v) is 8.81. The third-order valence-electron chi connectivity index (χ3n) is 3.76. The molecule has 0 spiro atoms. The average molecular weight is 376 g/mol. The van der Waals surface area contributed by atoms with Crippen LogP contribution in [0.4, 0.5) is 0 Å². The number of ether oxygens (including phenoxy) is 1. The molecule has 11 nitrogen and oxygen atoms in total. The van der Waals surface area contributed by atoms with Crippen molar-refractivity contribution in [3.05, 3.63) is 12.2 Å². The van der Waals surface area contributed by atoms with E-state index in [2.05, 4.69) is 0 Å². The lowest BCUT2D eigenvalue weighted by Gasteiger charge is -2.22. The minimum absolute atomic E-state index is 0.0306. The van der Waals surface area contributed by atoms with Gasteiger partial charge in [-0.2, -0.15) is 8.42 Å². The van der Waals surface area contributed by atoms with Gasteiger partial charge in [-0.1, -0.05) is 0 Å². The lowest BCUT2D eigenvalue weighted by Crippen LogP contribution is -2.46. The Morgan fingerprint density at radius 3 is 2.36 bits per heavy atom. The maximum Gasteiger partial charge on any atom is 0.323 e. The third kappa shape index (κ3) is 4.61. The number of imide groups is 1. The van der Waals surface area contributed by atoms with Crippen LogP contribution >= 0.6 is 0 Å². The molecule has 0 bridgehead atoms. The summed E-state index contributed by atoms with van der Waals surface area (Å²) in [7, 11) is -4.21. The Hall–Kier alpha value is -2.31. The van der Waals surface area contributed by atoms with Gasteiger partial charge in [-0.3, -0.25) is 28.6 Å². The number of likely N-dealkylation sites (tertiary alicyclic amines) is 1. The number of carbonyl (C=O) groups is 4. The van der Waals surface area contributed by atoms with Crippen LogP contribution in [0.1, 0.15) is 6.42 Å². The second-order valence-corrected chi connectivity index (χ2v) is 7.08. The highest BCUT2D eigenvalue weighted by molar-refractivity contribution is 7.85. The van der Waals surface area contributed by atoms with E-state index >= 15 is 0 Å². The van der Waals surface area contributed by atoms with Crippen LogP contribution in [-0.2, 0) is 34.0 Å². The molecule has 25 heavy (non-hydrogen) atoms. The zero-order chi connectivity index (χ0) is 18.8. The largest absolute Gasteiger partial charge is 0.480 e. The van der Waals surface area contributed by atoms with Crippen LogP contribution in [0.5, 0.6) is 0 Å². The number of hydrogen-bond donors (Lipinski definition) is 2. The quantitative estimate of drug-likeness (QED) is 0.274. The van der Waals surface area contributed by atoms with Gasteiger partial charge in [0.05, 0.1) is 25.0 Å². The Morgan fingerprint density at radius 2 is 1.84 bits per heavy atom. The van der Waals surface area contributed by atoms with E-state index in [1.165, 1.54) is 0 Å². The average Bonchev–Trinajstić information content (AvgIpc) is 2.96. The summed E-state index contributed by atoms with van der Waals surface area (Å²) in [5, 5.41) is 8.94. The number of hydrogen-bond acceptors (Lipinski definition) is 7. The first kappa shape index (κ1) is 19.0. The second kappa shape index (κ2) is 7.29. The molecule has 0 aromatic heterocycles. The van der Waals surface area contributed by atoms with Gasteiger partial charge in [0, 0.05) is 18.6 Å². The third-order valence-corrected chi connectivity index (χ3v) is 4.44. The predicted molar refractivity (Wildman–Crippen MR) is 79.8 cm³/mol. The van der Waals surface area contributed by atoms with Gasteiger partial charge in [0.15, 0.2) is 0 Å². The number of rotatable bonds is 8. The predicted octanol–water partition coefficient (Wildman–Crippen LogP) is -2.13. The van der Waals surface area contributed by atoms with Gasteiger partial charge in [-0.15, -0.1) is 0 Å². The summed E-state index contributed by atoms with van der Waals surface area (Å²) < 4.78 is 35.0. The van der Waals surface area contributed by atoms with E-state index in [9.17, 15) is 27.6 Å². The van der Waals surface area contributed by atoms with Crippen molar-refractivity contribution in [1.82, 2.24) is 9.80 Å². The van der Waals surface area contributed by atoms with Crippen LogP contribution in [0, 0.1) is 0 Å². The first-order chi connectivity index (χ1) is 11.6. The van der Waals surface area contributed by atoms with E-state index in [0.29, 0.717) is 0 Å². The Balaban J connectivity index is 2.06. The highest BCUT2D eigenvalue weighted by Crippen LogP contribution is 2.26. The van der Waals surface area contributed by atoms with Crippen molar-refractivity contribution in [3.8, 4) is 0 Å². The van der Waals surface area contributed by atoms with Crippen molar-refractivity contribution in [2.75, 3.05) is 25.5 Å². The van der Waals surface area contributed by atoms with E-state index in [1.807, 2.05) is 0 Å². The molecule has 138 valence electrons. The molecule has 2 aliphatic heterocycles. The fourth-order valence-corrected chi connectivity index (χ4v) is 3.01. The Morgan fingerprint density at radius 1 is 1.24 bits per heavy atom. The van der Waals surface area contributed by atoms with E-state index < -0.39 is 58.2 Å². The van der Waals surface area contributed by atoms with Crippen molar-refractivity contribution in [2.24, 2.45) is 0 Å². The van der Waals surface area contributed by atoms with Gasteiger partial charge in [-0.05, 0) is 0 Å². The summed E-state index contributed by atoms with van der Waals surface area (Å²) in [6.07, 6.45) is 2.01. The molecule has 2 rings (SSSR count). The number of nitrogens with zero attached hydrogens (tertiary/aromatic N) is 2. The van der Waals surface area contributed by atoms with Gasteiger partial charge >= 0.3 is 5.97 Å². The van der Waals surface area contributed by atoms with E-state index in [1.54, 1.807) is 0 Å². The molecule has 1 saturated heterocycles. The molecule has 0 radical (unpaired) electrons. The van der Waals surface area contributed by atoms with Crippen molar-refractivity contribution in [2.45, 2.75) is 18.5 Å². The highest BCUT2D eigenvalue weighted by Gasteiger charge is 2.47. The van der Waals surface area contributed by atoms with Crippen LogP contribution in [0.2, 0.25) is 0 Å². The maximum absolute atomic E-state index is 12.4. The van der Waals surface area contributed by atoms with E-state index in [-0.39, 0.29) is 19.6 Å². The number of aliphatic carboxylic acids is 1. The number of amides is 3. The maximum atomic E-state index is 12.4. The molecular formula is C13H16N2O9S. The fraction of sp³-hybridized carbons (Fsp3) is 0.538. The molecule has 2 heterocycles. The number of carboxylic acids is 1. The number of carboxylic acid groups (broad SMARTS) is 1. The molecule has 2 atom stereocenters. The molecule has 0 aromatic rings. The van der Waals surface area contributed by atoms with Crippen LogP contribution in [0.3, 0.4) is 0 Å². The SMILES string of the molecule is O=C(O)CN1C(=O)[C@H](N2C(=O)C=CC2=O)C[C@H]1COCCS(=O)(=O)O. The summed E-state index contributed by atoms with van der Waals surface area (Å²) in [4.78, 5) is 48.6. The van der Waals surface area contributed by atoms with Gasteiger partial charge in [0.2, 0.25) is 5.91 Å². The molecule has 0 unspecified atom stereocenters. The van der Waals surface area contributed by atoms with Crippen LogP contribution < -0.4 is 0 Å². The summed E-state index contributed by atoms with van der Waals surface area (Å²) in [5.74, 6) is -3.95. The molecule has 3 amide bonds. The first-order valence-electron chi connectivity index (χ1n) is 7.20. The molecule has 0 aliphatic carbocycles. The topological polar surface area (TPSA) is 159 Å². The van der Waals surface area contributed by atoms with Crippen molar-refractivity contribution < 1.29 is 42.0 Å². The van der Waals surface area contributed by atoms with Gasteiger partial charge in [0.1, 0.15) is 12.6 Å². The number of carbonyl (C=O) groups excluding carboxylic acids is 3. The minimum atomic E-state index is -4.21. The fourth-order valence-electron chi connectivity index (χ4n) is 2.69. The summed E-state index contributed by atoms with van der Waals surface area (Å²) in [5.41, 5.74) is 0. The molecular weight excluding hydrogens is 360 g/mol. The molecule has 0 aromatic carbocycles. The standard InChI is InChI=1S/C13H16N2O9S/c16-10-1-2-11(17)15(10)9-5-8(7-24-3-4-25(21,22)23)14(13(9)20)6-12(18)19/h1-2,8-9H,3-7H2,(H,18,19)(H,21,22,23)/t8-,9+/m0/s1. The normalized spacial score (nSPS) is 23.8. The van der Waals surface area contributed by atoms with Gasteiger partial charge in [-0.25, -0.2) is 0 Å². The monoisotopic (exact) mass is 376 g/mol. The van der Waals surface area contributed by atoms with Crippen LogP contribution in [0.15, 0.2) is 12.2 Å². The van der Waals surface area contributed by atoms with E-state index in [4.69, 9.17) is 14.4 Å². The molecule has 0 saturated carbocycles. The second-order valence-electron chi connectivity index (χ2n) is 5.51. The molecule has 12 heteroatoms. The lowest BCUT2D eigenvalue weighted by atomic mass is 10.1. The smallest absolute Gasteiger partial charge is 0.323 e. The Bertz CT molecular complexity index is 712. The summed E-state index contributed by atoms with van der Waals surface area (Å²) in [6, 6.07) is -1.89. The van der Waals surface area contributed by atoms with Gasteiger partial charge < -0.3 is 14.7 Å². The molecule has 2 N–H and O–H groups in total. The van der Waals surface area contributed by atoms with Crippen LogP contribution in [0.25, 0.3) is 0 Å². The van der Waals surface area contributed by atoms with Crippen molar-refractivity contribution >= 4 is 33.8 Å². The van der Waals surface area contributed by atoms with Crippen molar-refractivity contribution in [1.29, 1.82) is 0 Å². The van der Waals surface area contributed by atoms with E-state index in [0.717, 1.165) is 22.0 Å². The Kier molecular flexibility index (Phi) is 5.55. The highest BCUT2D eigenvalue weighted by atomic mass is 32.2. The lowest BCUT2D eigenvalue weighted by molar-refractivity contribution is -0.149.